The van der Waals surface area contributed by atoms with Gasteiger partial charge in [-0.2, -0.15) is 4.31 Å². The Hall–Kier alpha value is -2.23. The lowest BCUT2D eigenvalue weighted by Gasteiger charge is -2.26. The molecule has 8 nitrogen and oxygen atoms in total. The second-order valence-electron chi connectivity index (χ2n) is 4.88. The number of carbonyl (C=O) groups excluding carboxylic acids is 1. The Kier molecular flexibility index (Phi) is 4.42. The molecule has 1 fully saturated rings. The van der Waals surface area contributed by atoms with Crippen molar-refractivity contribution in [1.82, 2.24) is 9.46 Å². The van der Waals surface area contributed by atoms with Crippen molar-refractivity contribution in [3.8, 4) is 0 Å². The Morgan fingerprint density at radius 1 is 1.22 bits per heavy atom. The molecule has 0 bridgehead atoms. The highest BCUT2D eigenvalue weighted by Gasteiger charge is 2.26. The number of aromatic nitrogens is 1. The summed E-state index contributed by atoms with van der Waals surface area (Å²) in [5.41, 5.74) is 0.224. The van der Waals surface area contributed by atoms with Gasteiger partial charge in [-0.25, -0.2) is 8.42 Å². The molecule has 1 aromatic carbocycles. The van der Waals surface area contributed by atoms with E-state index in [-0.39, 0.29) is 16.3 Å². The molecule has 0 saturated carbocycles. The lowest BCUT2D eigenvalue weighted by molar-refractivity contribution is 0.0730. The van der Waals surface area contributed by atoms with Crippen molar-refractivity contribution >= 4 is 21.7 Å². The van der Waals surface area contributed by atoms with Crippen LogP contribution >= 0.6 is 0 Å². The molecule has 0 spiro atoms. The molecule has 1 aromatic heterocycles. The summed E-state index contributed by atoms with van der Waals surface area (Å²) in [4.78, 5) is 12.2. The first-order chi connectivity index (χ1) is 11.1. The smallest absolute Gasteiger partial charge is 0.256 e. The van der Waals surface area contributed by atoms with Crippen LogP contribution in [0.1, 0.15) is 10.4 Å². The fourth-order valence-corrected chi connectivity index (χ4v) is 3.65. The number of sulfonamides is 1. The number of benzene rings is 1. The zero-order valence-corrected chi connectivity index (χ0v) is 13.0. The quantitative estimate of drug-likeness (QED) is 0.891. The van der Waals surface area contributed by atoms with Gasteiger partial charge in [-0.1, -0.05) is 11.2 Å². The number of ether oxygens (including phenoxy) is 1. The van der Waals surface area contributed by atoms with Gasteiger partial charge in [0.25, 0.3) is 5.91 Å². The van der Waals surface area contributed by atoms with E-state index in [2.05, 4.69) is 15.0 Å². The highest BCUT2D eigenvalue weighted by molar-refractivity contribution is 7.89. The van der Waals surface area contributed by atoms with Gasteiger partial charge in [0.15, 0.2) is 5.82 Å². The molecule has 0 radical (unpaired) electrons. The molecule has 0 unspecified atom stereocenters. The molecular formula is C14H15N3O5S. The van der Waals surface area contributed by atoms with Crippen LogP contribution in [0.25, 0.3) is 0 Å². The summed E-state index contributed by atoms with van der Waals surface area (Å²) in [6.45, 7) is 1.34. The van der Waals surface area contributed by atoms with Gasteiger partial charge in [0.2, 0.25) is 10.0 Å². The number of nitrogens with zero attached hydrogens (tertiary/aromatic N) is 2. The first kappa shape index (κ1) is 15.7. The minimum atomic E-state index is -3.64. The molecule has 1 aliphatic rings. The summed E-state index contributed by atoms with van der Waals surface area (Å²) in [6, 6.07) is 7.38. The van der Waals surface area contributed by atoms with E-state index in [0.29, 0.717) is 26.3 Å². The maximum Gasteiger partial charge on any atom is 0.256 e. The number of anilines is 1. The van der Waals surface area contributed by atoms with Gasteiger partial charge in [0.1, 0.15) is 6.26 Å². The Bertz CT molecular complexity index is 783. The minimum absolute atomic E-state index is 0.0761. The normalized spacial score (nSPS) is 16.2. The molecule has 9 heteroatoms. The zero-order valence-electron chi connectivity index (χ0n) is 12.1. The van der Waals surface area contributed by atoms with Crippen LogP contribution in [0, 0.1) is 0 Å². The number of amides is 1. The van der Waals surface area contributed by atoms with Crippen LogP contribution in [0.4, 0.5) is 5.82 Å². The largest absolute Gasteiger partial charge is 0.379 e. The number of morpholine rings is 1. The average Bonchev–Trinajstić information content (AvgIpc) is 3.09. The standard InChI is InChI=1S/C14H15N3O5S/c18-14(15-13-4-7-22-16-13)11-2-1-3-12(10-11)23(19,20)17-5-8-21-9-6-17/h1-4,7,10H,5-6,8-9H2,(H,15,16,18). The average molecular weight is 337 g/mol. The van der Waals surface area contributed by atoms with Crippen LogP contribution in [0.15, 0.2) is 46.0 Å². The van der Waals surface area contributed by atoms with Crippen molar-refractivity contribution in [2.75, 3.05) is 31.6 Å². The molecule has 23 heavy (non-hydrogen) atoms. The highest BCUT2D eigenvalue weighted by Crippen LogP contribution is 2.19. The summed E-state index contributed by atoms with van der Waals surface area (Å²) in [6.07, 6.45) is 1.33. The molecule has 1 amide bonds. The van der Waals surface area contributed by atoms with Gasteiger partial charge in [-0.15, -0.1) is 0 Å². The molecule has 122 valence electrons. The van der Waals surface area contributed by atoms with Crippen LogP contribution in [-0.2, 0) is 14.8 Å². The lowest BCUT2D eigenvalue weighted by atomic mass is 10.2. The van der Waals surface area contributed by atoms with E-state index in [1.807, 2.05) is 0 Å². The number of hydrogen-bond donors (Lipinski definition) is 1. The van der Waals surface area contributed by atoms with Crippen LogP contribution < -0.4 is 5.32 Å². The fraction of sp³-hybridized carbons (Fsp3) is 0.286. The van der Waals surface area contributed by atoms with E-state index >= 15 is 0 Å². The first-order valence-electron chi connectivity index (χ1n) is 6.97. The first-order valence-corrected chi connectivity index (χ1v) is 8.41. The molecule has 1 N–H and O–H groups in total. The molecule has 3 rings (SSSR count). The number of rotatable bonds is 4. The van der Waals surface area contributed by atoms with Crippen molar-refractivity contribution < 1.29 is 22.5 Å². The van der Waals surface area contributed by atoms with E-state index in [1.54, 1.807) is 0 Å². The molecular weight excluding hydrogens is 322 g/mol. The van der Waals surface area contributed by atoms with Crippen LogP contribution in [0.5, 0.6) is 0 Å². The highest BCUT2D eigenvalue weighted by atomic mass is 32.2. The van der Waals surface area contributed by atoms with Crippen molar-refractivity contribution in [1.29, 1.82) is 0 Å². The van der Waals surface area contributed by atoms with Crippen LogP contribution in [-0.4, -0.2) is 50.1 Å². The Balaban J connectivity index is 1.83. The third kappa shape index (κ3) is 3.41. The summed E-state index contributed by atoms with van der Waals surface area (Å²) >= 11 is 0. The predicted molar refractivity (Wildman–Crippen MR) is 80.5 cm³/mol. The molecule has 0 aliphatic carbocycles. The van der Waals surface area contributed by atoms with Crippen LogP contribution in [0.2, 0.25) is 0 Å². The van der Waals surface area contributed by atoms with Crippen molar-refractivity contribution in [3.05, 3.63) is 42.2 Å². The van der Waals surface area contributed by atoms with Gasteiger partial charge >= 0.3 is 0 Å². The van der Waals surface area contributed by atoms with Crippen molar-refractivity contribution in [2.45, 2.75) is 4.90 Å². The van der Waals surface area contributed by atoms with Gasteiger partial charge in [-0.05, 0) is 18.2 Å². The Morgan fingerprint density at radius 2 is 2.00 bits per heavy atom. The number of nitrogens with one attached hydrogen (secondary N) is 1. The molecule has 2 aromatic rings. The van der Waals surface area contributed by atoms with E-state index in [1.165, 1.54) is 40.9 Å². The number of carbonyl (C=O) groups is 1. The van der Waals surface area contributed by atoms with Gasteiger partial charge in [0, 0.05) is 24.7 Å². The minimum Gasteiger partial charge on any atom is -0.379 e. The van der Waals surface area contributed by atoms with E-state index in [4.69, 9.17) is 4.74 Å². The Morgan fingerprint density at radius 3 is 2.70 bits per heavy atom. The van der Waals surface area contributed by atoms with Gasteiger partial charge in [-0.3, -0.25) is 4.79 Å². The Labute approximate surface area is 133 Å². The fourth-order valence-electron chi connectivity index (χ4n) is 2.20. The zero-order chi connectivity index (χ0) is 16.3. The second kappa shape index (κ2) is 6.49. The third-order valence-electron chi connectivity index (χ3n) is 3.38. The molecule has 1 aliphatic heterocycles. The maximum absolute atomic E-state index is 12.6. The number of hydrogen-bond acceptors (Lipinski definition) is 6. The second-order valence-corrected chi connectivity index (χ2v) is 6.82. The lowest BCUT2D eigenvalue weighted by Crippen LogP contribution is -2.40. The van der Waals surface area contributed by atoms with Gasteiger partial charge in [0.05, 0.1) is 18.1 Å². The van der Waals surface area contributed by atoms with Crippen molar-refractivity contribution in [2.24, 2.45) is 0 Å². The van der Waals surface area contributed by atoms with Gasteiger partial charge < -0.3 is 14.6 Å². The van der Waals surface area contributed by atoms with E-state index in [9.17, 15) is 13.2 Å². The molecule has 0 atom stereocenters. The van der Waals surface area contributed by atoms with Crippen LogP contribution in [0.3, 0.4) is 0 Å². The monoisotopic (exact) mass is 337 g/mol. The topological polar surface area (TPSA) is 102 Å². The van der Waals surface area contributed by atoms with E-state index in [0.717, 1.165) is 0 Å². The maximum atomic E-state index is 12.6. The molecule has 1 saturated heterocycles. The predicted octanol–water partition coefficient (Wildman–Crippen LogP) is 0.948. The summed E-state index contributed by atoms with van der Waals surface area (Å²) < 4.78 is 36.3. The summed E-state index contributed by atoms with van der Waals surface area (Å²) in [5, 5.41) is 6.10. The van der Waals surface area contributed by atoms with E-state index < -0.39 is 15.9 Å². The summed E-state index contributed by atoms with van der Waals surface area (Å²) in [5.74, 6) is -0.200. The summed E-state index contributed by atoms with van der Waals surface area (Å²) in [7, 11) is -3.64. The van der Waals surface area contributed by atoms with Crippen molar-refractivity contribution in [3.63, 3.8) is 0 Å². The molecule has 2 heterocycles. The SMILES string of the molecule is O=C(Nc1ccon1)c1cccc(S(=O)(=O)N2CCOCC2)c1. The third-order valence-corrected chi connectivity index (χ3v) is 5.28.